The lowest BCUT2D eigenvalue weighted by atomic mass is 9.86. The molecule has 1 unspecified atom stereocenters. The molecule has 0 radical (unpaired) electrons. The Morgan fingerprint density at radius 1 is 1.27 bits per heavy atom. The fraction of sp³-hybridized carbons (Fsp3) is 0.200. The summed E-state index contributed by atoms with van der Waals surface area (Å²) in [7, 11) is 1.59. The van der Waals surface area contributed by atoms with Gasteiger partial charge in [0.1, 0.15) is 5.75 Å². The zero-order valence-electron chi connectivity index (χ0n) is 14.5. The van der Waals surface area contributed by atoms with Gasteiger partial charge in [0.05, 0.1) is 12.8 Å². The first kappa shape index (κ1) is 18.2. The van der Waals surface area contributed by atoms with E-state index in [1.807, 2.05) is 43.3 Å². The minimum absolute atomic E-state index is 0.103. The summed E-state index contributed by atoms with van der Waals surface area (Å²) >= 11 is 3.47. The molecule has 26 heavy (non-hydrogen) atoms. The molecule has 0 spiro atoms. The van der Waals surface area contributed by atoms with Crippen LogP contribution < -0.4 is 15.4 Å². The molecule has 1 aliphatic heterocycles. The van der Waals surface area contributed by atoms with Crippen molar-refractivity contribution in [3.05, 3.63) is 69.8 Å². The van der Waals surface area contributed by atoms with E-state index in [4.69, 9.17) is 4.74 Å². The van der Waals surface area contributed by atoms with E-state index in [-0.39, 0.29) is 24.2 Å². The highest BCUT2D eigenvalue weighted by atomic mass is 79.9. The molecule has 0 saturated heterocycles. The van der Waals surface area contributed by atoms with Crippen molar-refractivity contribution in [1.82, 2.24) is 5.32 Å². The molecule has 2 aromatic rings. The molecule has 0 saturated carbocycles. The van der Waals surface area contributed by atoms with Gasteiger partial charge in [0, 0.05) is 34.7 Å². The summed E-state index contributed by atoms with van der Waals surface area (Å²) in [6.07, 6.45) is 1.74. The summed E-state index contributed by atoms with van der Waals surface area (Å²) in [5, 5.41) is 5.56. The van der Waals surface area contributed by atoms with Gasteiger partial charge in [-0.15, -0.1) is 0 Å². The van der Waals surface area contributed by atoms with E-state index in [0.717, 1.165) is 15.6 Å². The Labute approximate surface area is 160 Å². The molecule has 2 amide bonds. The standard InChI is InChI=1S/C20H19BrN2O3/c1-12-8-16(21)17(10-18(12)26-2)23-20(25)15-11-22-19(24)9-14(15)13-6-4-3-5-7-13/h3-8,10-11,14H,9H2,1-2H3,(H,22,24)(H,23,25). The van der Waals surface area contributed by atoms with Gasteiger partial charge in [-0.25, -0.2) is 0 Å². The summed E-state index contributed by atoms with van der Waals surface area (Å²) in [4.78, 5) is 24.7. The van der Waals surface area contributed by atoms with Crippen LogP contribution in [0.4, 0.5) is 5.69 Å². The topological polar surface area (TPSA) is 67.4 Å². The highest BCUT2D eigenvalue weighted by molar-refractivity contribution is 9.10. The Kier molecular flexibility index (Phi) is 5.42. The number of halogens is 1. The Hall–Kier alpha value is -2.60. The molecular weight excluding hydrogens is 396 g/mol. The normalized spacial score (nSPS) is 16.5. The molecule has 6 heteroatoms. The van der Waals surface area contributed by atoms with Crippen molar-refractivity contribution in [2.75, 3.05) is 12.4 Å². The Bertz CT molecular complexity index is 878. The lowest BCUT2D eigenvalue weighted by Gasteiger charge is -2.24. The smallest absolute Gasteiger partial charge is 0.253 e. The second kappa shape index (κ2) is 7.74. The number of amides is 2. The summed E-state index contributed by atoms with van der Waals surface area (Å²) in [6.45, 7) is 1.93. The summed E-state index contributed by atoms with van der Waals surface area (Å²) < 4.78 is 6.09. The quantitative estimate of drug-likeness (QED) is 0.796. The average molecular weight is 415 g/mol. The van der Waals surface area contributed by atoms with Gasteiger partial charge in [-0.2, -0.15) is 0 Å². The number of benzene rings is 2. The van der Waals surface area contributed by atoms with Crippen LogP contribution >= 0.6 is 15.9 Å². The van der Waals surface area contributed by atoms with Crippen LogP contribution in [0.1, 0.15) is 23.5 Å². The van der Waals surface area contributed by atoms with E-state index < -0.39 is 0 Å². The lowest BCUT2D eigenvalue weighted by Crippen LogP contribution is -2.32. The van der Waals surface area contributed by atoms with Crippen LogP contribution in [0.2, 0.25) is 0 Å². The van der Waals surface area contributed by atoms with Gasteiger partial charge in [0.2, 0.25) is 5.91 Å². The van der Waals surface area contributed by atoms with E-state index in [1.54, 1.807) is 13.2 Å². The van der Waals surface area contributed by atoms with Crippen LogP contribution in [0, 0.1) is 6.92 Å². The zero-order chi connectivity index (χ0) is 18.7. The van der Waals surface area contributed by atoms with E-state index in [0.29, 0.717) is 17.0 Å². The predicted octanol–water partition coefficient (Wildman–Crippen LogP) is 3.89. The van der Waals surface area contributed by atoms with Crippen LogP contribution in [-0.4, -0.2) is 18.9 Å². The fourth-order valence-corrected chi connectivity index (χ4v) is 3.54. The molecule has 1 aliphatic rings. The maximum Gasteiger partial charge on any atom is 0.253 e. The first-order chi connectivity index (χ1) is 12.5. The minimum atomic E-state index is -0.281. The van der Waals surface area contributed by atoms with E-state index in [9.17, 15) is 9.59 Å². The van der Waals surface area contributed by atoms with Crippen LogP contribution in [0.15, 0.2) is 58.7 Å². The summed E-state index contributed by atoms with van der Waals surface area (Å²) in [6, 6.07) is 13.2. The molecule has 1 atom stereocenters. The van der Waals surface area contributed by atoms with E-state index >= 15 is 0 Å². The third kappa shape index (κ3) is 3.80. The third-order valence-electron chi connectivity index (χ3n) is 4.35. The van der Waals surface area contributed by atoms with E-state index in [2.05, 4.69) is 26.6 Å². The summed E-state index contributed by atoms with van der Waals surface area (Å²) in [5.74, 6) is 0.0455. The van der Waals surface area contributed by atoms with E-state index in [1.165, 1.54) is 6.20 Å². The van der Waals surface area contributed by atoms with Crippen molar-refractivity contribution in [1.29, 1.82) is 0 Å². The Balaban J connectivity index is 1.89. The predicted molar refractivity (Wildman–Crippen MR) is 104 cm³/mol. The largest absolute Gasteiger partial charge is 0.496 e. The second-order valence-corrected chi connectivity index (χ2v) is 6.94. The monoisotopic (exact) mass is 414 g/mol. The fourth-order valence-electron chi connectivity index (χ4n) is 2.98. The van der Waals surface area contributed by atoms with Crippen molar-refractivity contribution in [3.63, 3.8) is 0 Å². The van der Waals surface area contributed by atoms with Crippen molar-refractivity contribution in [2.24, 2.45) is 0 Å². The van der Waals surface area contributed by atoms with Crippen LogP contribution in [0.25, 0.3) is 0 Å². The molecule has 0 aromatic heterocycles. The highest BCUT2D eigenvalue weighted by Gasteiger charge is 2.29. The molecule has 3 rings (SSSR count). The summed E-state index contributed by atoms with van der Waals surface area (Å²) in [5.41, 5.74) is 3.03. The van der Waals surface area contributed by atoms with Gasteiger partial charge in [-0.1, -0.05) is 30.3 Å². The number of hydrogen-bond acceptors (Lipinski definition) is 3. The number of hydrogen-bond donors (Lipinski definition) is 2. The van der Waals surface area contributed by atoms with Crippen LogP contribution in [0.3, 0.4) is 0 Å². The molecule has 5 nitrogen and oxygen atoms in total. The first-order valence-corrected chi connectivity index (χ1v) is 8.98. The number of aryl methyl sites for hydroxylation is 1. The molecule has 1 heterocycles. The maximum absolute atomic E-state index is 12.9. The first-order valence-electron chi connectivity index (χ1n) is 8.19. The number of anilines is 1. The second-order valence-electron chi connectivity index (χ2n) is 6.09. The van der Waals surface area contributed by atoms with Crippen molar-refractivity contribution < 1.29 is 14.3 Å². The van der Waals surface area contributed by atoms with Gasteiger partial charge < -0.3 is 15.4 Å². The molecule has 134 valence electrons. The number of nitrogens with one attached hydrogen (secondary N) is 2. The van der Waals surface area contributed by atoms with Crippen LogP contribution in [-0.2, 0) is 9.59 Å². The number of carbonyl (C=O) groups excluding carboxylic acids is 2. The van der Waals surface area contributed by atoms with Gasteiger partial charge in [0.25, 0.3) is 5.91 Å². The van der Waals surface area contributed by atoms with Gasteiger partial charge in [0.15, 0.2) is 0 Å². The van der Waals surface area contributed by atoms with Gasteiger partial charge in [-0.05, 0) is 40.0 Å². The third-order valence-corrected chi connectivity index (χ3v) is 5.01. The molecule has 2 N–H and O–H groups in total. The molecular formula is C20H19BrN2O3. The minimum Gasteiger partial charge on any atom is -0.496 e. The van der Waals surface area contributed by atoms with Crippen molar-refractivity contribution in [2.45, 2.75) is 19.3 Å². The number of methoxy groups -OCH3 is 1. The molecule has 0 bridgehead atoms. The molecule has 0 fully saturated rings. The molecule has 0 aliphatic carbocycles. The molecule has 2 aromatic carbocycles. The number of ether oxygens (including phenoxy) is 1. The van der Waals surface area contributed by atoms with Gasteiger partial charge in [-0.3, -0.25) is 9.59 Å². The van der Waals surface area contributed by atoms with Crippen LogP contribution in [0.5, 0.6) is 5.75 Å². The SMILES string of the molecule is COc1cc(NC(=O)C2=CNC(=O)CC2c2ccccc2)c(Br)cc1C. The average Bonchev–Trinajstić information content (AvgIpc) is 2.64. The van der Waals surface area contributed by atoms with Crippen molar-refractivity contribution >= 4 is 33.4 Å². The number of carbonyl (C=O) groups is 2. The Morgan fingerprint density at radius 3 is 2.69 bits per heavy atom. The highest BCUT2D eigenvalue weighted by Crippen LogP contribution is 2.34. The van der Waals surface area contributed by atoms with Gasteiger partial charge >= 0.3 is 0 Å². The lowest BCUT2D eigenvalue weighted by molar-refractivity contribution is -0.121. The zero-order valence-corrected chi connectivity index (χ0v) is 16.1. The number of rotatable bonds is 4. The Morgan fingerprint density at radius 2 is 2.00 bits per heavy atom. The van der Waals surface area contributed by atoms with Crippen molar-refractivity contribution in [3.8, 4) is 5.75 Å². The maximum atomic E-state index is 12.9.